The molecule has 1 fully saturated rings. The van der Waals surface area contributed by atoms with Gasteiger partial charge in [-0.05, 0) is 69.8 Å². The molecule has 7 rings (SSSR count). The van der Waals surface area contributed by atoms with Crippen LogP contribution in [0.1, 0.15) is 63.5 Å². The normalized spacial score (nSPS) is 24.9. The zero-order valence-corrected chi connectivity index (χ0v) is 27.3. The summed E-state index contributed by atoms with van der Waals surface area (Å²) in [5, 5.41) is 41.0. The SMILES string of the molecule is Cc1cc2c(c(O)c1C)[C@@H]1C3Cc4c(O)c(C)c5c(c4[C@H](CNC(=O)[C@H](C)NC(=O)Cc4ccccc4)N3[C@@H](O)[C@@H](C2)N1C)OCO5. The molecule has 3 aromatic rings. The second-order valence-electron chi connectivity index (χ2n) is 13.4. The molecule has 11 heteroatoms. The van der Waals surface area contributed by atoms with Gasteiger partial charge in [0.2, 0.25) is 18.6 Å². The number of aromatic hydroxyl groups is 2. The summed E-state index contributed by atoms with van der Waals surface area (Å²) in [6, 6.07) is 9.09. The van der Waals surface area contributed by atoms with Crippen LogP contribution in [0.5, 0.6) is 23.0 Å². The molecule has 0 aliphatic carbocycles. The minimum atomic E-state index is -0.933. The molecule has 4 aliphatic heterocycles. The van der Waals surface area contributed by atoms with Crippen molar-refractivity contribution in [1.82, 2.24) is 20.4 Å². The van der Waals surface area contributed by atoms with Crippen molar-refractivity contribution in [2.24, 2.45) is 0 Å². The standard InChI is InChI=1S/C36H42N4O7/c1-17-11-22-13-25-36(45)40-24(30(39(25)5)28(22)32(43)18(17)2)14-23-29(34-33(46-16-47-34)19(3)31(23)42)26(40)15-37-35(44)20(4)38-27(41)12-21-9-7-6-8-10-21/h6-11,20,24-26,30,36,42-43,45H,12-16H2,1-5H3,(H,37,44)(H,38,41)/t20-,24?,25+,26-,30-,36-/m0/s1. The highest BCUT2D eigenvalue weighted by Gasteiger charge is 2.56. The molecule has 0 radical (unpaired) electrons. The number of carbonyl (C=O) groups is 2. The molecule has 47 heavy (non-hydrogen) atoms. The van der Waals surface area contributed by atoms with Crippen molar-refractivity contribution < 1.29 is 34.4 Å². The van der Waals surface area contributed by atoms with Gasteiger partial charge in [-0.25, -0.2) is 0 Å². The monoisotopic (exact) mass is 642 g/mol. The van der Waals surface area contributed by atoms with E-state index in [2.05, 4.69) is 21.6 Å². The first-order valence-corrected chi connectivity index (χ1v) is 16.2. The van der Waals surface area contributed by atoms with Gasteiger partial charge in [0.05, 0.1) is 24.5 Å². The van der Waals surface area contributed by atoms with Crippen molar-refractivity contribution in [3.05, 3.63) is 80.9 Å². The van der Waals surface area contributed by atoms with Crippen LogP contribution in [-0.2, 0) is 28.9 Å². The first-order chi connectivity index (χ1) is 22.5. The lowest BCUT2D eigenvalue weighted by atomic mass is 9.73. The number of ether oxygens (including phenoxy) is 2. The van der Waals surface area contributed by atoms with Crippen LogP contribution in [-0.4, -0.2) is 81.7 Å². The van der Waals surface area contributed by atoms with Crippen LogP contribution in [0.25, 0.3) is 0 Å². The Kier molecular flexibility index (Phi) is 7.81. The Labute approximate surface area is 274 Å². The fourth-order valence-electron chi connectivity index (χ4n) is 8.21. The number of amides is 2. The second-order valence-corrected chi connectivity index (χ2v) is 13.4. The smallest absolute Gasteiger partial charge is 0.242 e. The first kappa shape index (κ1) is 31.3. The largest absolute Gasteiger partial charge is 0.507 e. The Morgan fingerprint density at radius 1 is 0.979 bits per heavy atom. The maximum absolute atomic E-state index is 13.5. The molecule has 4 aliphatic rings. The van der Waals surface area contributed by atoms with Crippen LogP contribution in [0.4, 0.5) is 0 Å². The van der Waals surface area contributed by atoms with Crippen LogP contribution in [0, 0.1) is 20.8 Å². The van der Waals surface area contributed by atoms with Crippen LogP contribution in [0.2, 0.25) is 0 Å². The molecule has 3 aromatic carbocycles. The number of likely N-dealkylation sites (N-methyl/N-ethyl adjacent to an activating group) is 1. The van der Waals surface area contributed by atoms with Crippen molar-refractivity contribution in [3.8, 4) is 23.0 Å². The van der Waals surface area contributed by atoms with Crippen LogP contribution >= 0.6 is 0 Å². The predicted octanol–water partition coefficient (Wildman–Crippen LogP) is 2.81. The number of phenols is 2. The van der Waals surface area contributed by atoms with Crippen molar-refractivity contribution >= 4 is 11.8 Å². The topological polar surface area (TPSA) is 144 Å². The van der Waals surface area contributed by atoms with Gasteiger partial charge in [0.1, 0.15) is 23.8 Å². The zero-order valence-electron chi connectivity index (χ0n) is 27.3. The van der Waals surface area contributed by atoms with Gasteiger partial charge in [0, 0.05) is 34.8 Å². The summed E-state index contributed by atoms with van der Waals surface area (Å²) in [4.78, 5) is 30.3. The van der Waals surface area contributed by atoms with E-state index in [9.17, 15) is 24.9 Å². The molecule has 0 saturated carbocycles. The number of benzene rings is 3. The molecular formula is C36H42N4O7. The molecule has 2 amide bonds. The number of hydrogen-bond acceptors (Lipinski definition) is 9. The average Bonchev–Trinajstić information content (AvgIpc) is 3.54. The maximum atomic E-state index is 13.5. The summed E-state index contributed by atoms with van der Waals surface area (Å²) in [5.74, 6) is 0.670. The number of aryl methyl sites for hydroxylation is 1. The highest BCUT2D eigenvalue weighted by Crippen LogP contribution is 2.57. The van der Waals surface area contributed by atoms with Crippen molar-refractivity contribution in [3.63, 3.8) is 0 Å². The molecule has 5 N–H and O–H groups in total. The summed E-state index contributed by atoms with van der Waals surface area (Å²) >= 11 is 0. The van der Waals surface area contributed by atoms with E-state index in [1.54, 1.807) is 13.8 Å². The quantitative estimate of drug-likeness (QED) is 0.274. The Hall–Kier alpha value is -4.32. The van der Waals surface area contributed by atoms with Crippen molar-refractivity contribution in [1.29, 1.82) is 0 Å². The molecule has 248 valence electrons. The average molecular weight is 643 g/mol. The van der Waals surface area contributed by atoms with E-state index >= 15 is 0 Å². The fraction of sp³-hybridized carbons (Fsp3) is 0.444. The molecule has 11 nitrogen and oxygen atoms in total. The molecule has 4 heterocycles. The van der Waals surface area contributed by atoms with Gasteiger partial charge in [-0.3, -0.25) is 19.4 Å². The summed E-state index contributed by atoms with van der Waals surface area (Å²) in [7, 11) is 1.98. The highest BCUT2D eigenvalue weighted by molar-refractivity contribution is 5.88. The number of hydrogen-bond donors (Lipinski definition) is 5. The summed E-state index contributed by atoms with van der Waals surface area (Å²) in [6.45, 7) is 7.39. The summed E-state index contributed by atoms with van der Waals surface area (Å²) < 4.78 is 11.8. The Balaban J connectivity index is 1.24. The fourth-order valence-corrected chi connectivity index (χ4v) is 8.21. The van der Waals surface area contributed by atoms with Gasteiger partial charge in [-0.15, -0.1) is 0 Å². The molecule has 2 bridgehead atoms. The van der Waals surface area contributed by atoms with E-state index in [-0.39, 0.29) is 61.2 Å². The molecular weight excluding hydrogens is 600 g/mol. The third-order valence-corrected chi connectivity index (χ3v) is 10.7. The second kappa shape index (κ2) is 11.7. The van der Waals surface area contributed by atoms with E-state index in [1.807, 2.05) is 56.1 Å². The number of phenolic OH excluding ortho intramolecular Hbond substituents is 2. The summed E-state index contributed by atoms with van der Waals surface area (Å²) in [6.07, 6.45) is 0.133. The van der Waals surface area contributed by atoms with Gasteiger partial charge >= 0.3 is 0 Å². The Bertz CT molecular complexity index is 1760. The summed E-state index contributed by atoms with van der Waals surface area (Å²) in [5.41, 5.74) is 6.43. The number of aliphatic hydroxyl groups excluding tert-OH is 1. The zero-order chi connectivity index (χ0) is 33.3. The number of nitrogens with zero attached hydrogens (tertiary/aromatic N) is 2. The number of carbonyl (C=O) groups excluding carboxylic acids is 2. The number of nitrogens with one attached hydrogen (secondary N) is 2. The van der Waals surface area contributed by atoms with E-state index in [1.165, 1.54) is 0 Å². The minimum absolute atomic E-state index is 0.00449. The molecule has 6 atom stereocenters. The maximum Gasteiger partial charge on any atom is 0.242 e. The third kappa shape index (κ3) is 4.99. The van der Waals surface area contributed by atoms with Crippen molar-refractivity contribution in [2.45, 2.75) is 83.4 Å². The number of piperazine rings is 1. The lowest BCUT2D eigenvalue weighted by molar-refractivity contribution is -0.172. The Morgan fingerprint density at radius 3 is 2.45 bits per heavy atom. The van der Waals surface area contributed by atoms with Crippen LogP contribution < -0.4 is 20.1 Å². The Morgan fingerprint density at radius 2 is 1.70 bits per heavy atom. The predicted molar refractivity (Wildman–Crippen MR) is 173 cm³/mol. The highest BCUT2D eigenvalue weighted by atomic mass is 16.7. The number of fused-ring (bicyclic) bond motifs is 9. The first-order valence-electron chi connectivity index (χ1n) is 16.2. The molecule has 1 saturated heterocycles. The van der Waals surface area contributed by atoms with E-state index in [0.717, 1.165) is 27.8 Å². The van der Waals surface area contributed by atoms with E-state index in [4.69, 9.17) is 9.47 Å². The lowest BCUT2D eigenvalue weighted by Crippen LogP contribution is -2.69. The molecule has 0 aromatic heterocycles. The molecule has 1 unspecified atom stereocenters. The number of aliphatic hydroxyl groups is 1. The molecule has 0 spiro atoms. The van der Waals surface area contributed by atoms with Crippen molar-refractivity contribution in [2.75, 3.05) is 20.4 Å². The van der Waals surface area contributed by atoms with Gasteiger partial charge in [0.25, 0.3) is 0 Å². The van der Waals surface area contributed by atoms with Crippen LogP contribution in [0.3, 0.4) is 0 Å². The lowest BCUT2D eigenvalue weighted by Gasteiger charge is -2.60. The van der Waals surface area contributed by atoms with Gasteiger partial charge < -0.3 is 35.4 Å². The number of rotatable bonds is 6. The van der Waals surface area contributed by atoms with Gasteiger partial charge in [0.15, 0.2) is 11.5 Å². The van der Waals surface area contributed by atoms with Gasteiger partial charge in [-0.1, -0.05) is 36.4 Å². The minimum Gasteiger partial charge on any atom is -0.507 e. The van der Waals surface area contributed by atoms with E-state index in [0.29, 0.717) is 41.0 Å². The van der Waals surface area contributed by atoms with E-state index < -0.39 is 18.3 Å². The van der Waals surface area contributed by atoms with Gasteiger partial charge in [-0.2, -0.15) is 0 Å². The third-order valence-electron chi connectivity index (χ3n) is 10.7. The van der Waals surface area contributed by atoms with Crippen LogP contribution in [0.15, 0.2) is 36.4 Å².